The molecular weight excluding hydrogens is 240 g/mol. The third-order valence-corrected chi connectivity index (χ3v) is 4.00. The molecule has 1 aliphatic rings. The molecule has 1 saturated heterocycles. The Balaban J connectivity index is 1.59. The van der Waals surface area contributed by atoms with Crippen molar-refractivity contribution in [3.05, 3.63) is 17.5 Å². The topological polar surface area (TPSA) is 53.2 Å². The number of nitrogens with one attached hydrogen (secondary N) is 2. The molecule has 108 valence electrons. The minimum absolute atomic E-state index is 0.811. The highest BCUT2D eigenvalue weighted by molar-refractivity contribution is 5.13. The van der Waals surface area contributed by atoms with E-state index < -0.39 is 0 Å². The summed E-state index contributed by atoms with van der Waals surface area (Å²) in [5.74, 6) is 0.811. The van der Waals surface area contributed by atoms with Gasteiger partial charge < -0.3 is 15.0 Å². The van der Waals surface area contributed by atoms with Crippen molar-refractivity contribution in [3.63, 3.8) is 0 Å². The number of H-pyrrole nitrogens is 1. The summed E-state index contributed by atoms with van der Waals surface area (Å²) in [6.45, 7) is 8.45. The van der Waals surface area contributed by atoms with Crippen molar-refractivity contribution in [3.8, 4) is 0 Å². The zero-order chi connectivity index (χ0) is 13.5. The molecule has 2 rings (SSSR count). The number of hydrogen-bond acceptors (Lipinski definition) is 4. The molecule has 0 unspecified atom stereocenters. The van der Waals surface area contributed by atoms with E-state index in [1.807, 2.05) is 6.20 Å². The van der Waals surface area contributed by atoms with E-state index in [-0.39, 0.29) is 0 Å². The summed E-state index contributed by atoms with van der Waals surface area (Å²) in [5, 5.41) is 10.6. The third-order valence-electron chi connectivity index (χ3n) is 4.00. The second-order valence-electron chi connectivity index (χ2n) is 5.43. The van der Waals surface area contributed by atoms with Gasteiger partial charge in [0.1, 0.15) is 0 Å². The average Bonchev–Trinajstić information content (AvgIpc) is 2.84. The van der Waals surface area contributed by atoms with Crippen molar-refractivity contribution in [2.45, 2.75) is 26.3 Å². The normalized spacial score (nSPS) is 18.0. The van der Waals surface area contributed by atoms with E-state index in [0.29, 0.717) is 0 Å². The van der Waals surface area contributed by atoms with Crippen molar-refractivity contribution in [1.82, 2.24) is 20.4 Å². The first-order chi connectivity index (χ1) is 9.29. The van der Waals surface area contributed by atoms with E-state index in [4.69, 9.17) is 4.74 Å². The van der Waals surface area contributed by atoms with Gasteiger partial charge in [0.05, 0.1) is 12.8 Å². The zero-order valence-corrected chi connectivity index (χ0v) is 12.1. The minimum atomic E-state index is 0.811. The van der Waals surface area contributed by atoms with Crippen LogP contribution in [0.5, 0.6) is 0 Å². The van der Waals surface area contributed by atoms with Crippen molar-refractivity contribution in [2.24, 2.45) is 5.92 Å². The summed E-state index contributed by atoms with van der Waals surface area (Å²) in [6.07, 6.45) is 4.50. The van der Waals surface area contributed by atoms with Crippen LogP contribution in [0.4, 0.5) is 0 Å². The van der Waals surface area contributed by atoms with Gasteiger partial charge in [-0.25, -0.2) is 0 Å². The molecule has 0 amide bonds. The molecule has 0 radical (unpaired) electrons. The molecule has 1 aromatic rings. The summed E-state index contributed by atoms with van der Waals surface area (Å²) in [5.41, 5.74) is 2.44. The highest BCUT2D eigenvalue weighted by Gasteiger charge is 2.18. The Bertz CT molecular complexity index is 358. The lowest BCUT2D eigenvalue weighted by atomic mass is 9.97. The Hall–Kier alpha value is -0.910. The van der Waals surface area contributed by atoms with Crippen molar-refractivity contribution in [1.29, 1.82) is 0 Å². The fraction of sp³-hybridized carbons (Fsp3) is 0.786. The Kier molecular flexibility index (Phi) is 5.82. The van der Waals surface area contributed by atoms with Gasteiger partial charge in [-0.1, -0.05) is 0 Å². The van der Waals surface area contributed by atoms with Crippen molar-refractivity contribution >= 4 is 0 Å². The van der Waals surface area contributed by atoms with E-state index in [2.05, 4.69) is 27.3 Å². The first-order valence-electron chi connectivity index (χ1n) is 7.20. The number of aromatic nitrogens is 2. The van der Waals surface area contributed by atoms with Gasteiger partial charge in [-0.2, -0.15) is 5.10 Å². The Morgan fingerprint density at radius 1 is 1.47 bits per heavy atom. The maximum atomic E-state index is 5.13. The van der Waals surface area contributed by atoms with Gasteiger partial charge >= 0.3 is 0 Å². The Labute approximate surface area is 115 Å². The smallest absolute Gasteiger partial charge is 0.0589 e. The number of hydrogen-bond donors (Lipinski definition) is 2. The van der Waals surface area contributed by atoms with Crippen LogP contribution in [0.15, 0.2) is 6.20 Å². The van der Waals surface area contributed by atoms with Crippen LogP contribution >= 0.6 is 0 Å². The number of likely N-dealkylation sites (tertiary alicyclic amines) is 1. The Morgan fingerprint density at radius 3 is 2.89 bits per heavy atom. The third kappa shape index (κ3) is 4.60. The lowest BCUT2D eigenvalue weighted by Gasteiger charge is -2.31. The van der Waals surface area contributed by atoms with Crippen LogP contribution in [0, 0.1) is 12.8 Å². The quantitative estimate of drug-likeness (QED) is 0.778. The predicted molar refractivity (Wildman–Crippen MR) is 76.1 cm³/mol. The number of aryl methyl sites for hydroxylation is 1. The standard InChI is InChI=1S/C14H26N4O/c1-12-14(11-16-17-12)10-15-9-13-3-5-18(6-4-13)7-8-19-2/h11,13,15H,3-10H2,1-2H3,(H,16,17). The van der Waals surface area contributed by atoms with Crippen LogP contribution < -0.4 is 5.32 Å². The monoisotopic (exact) mass is 266 g/mol. The lowest BCUT2D eigenvalue weighted by molar-refractivity contribution is 0.120. The highest BCUT2D eigenvalue weighted by atomic mass is 16.5. The molecule has 0 bridgehead atoms. The van der Waals surface area contributed by atoms with Crippen LogP contribution in [0.25, 0.3) is 0 Å². The van der Waals surface area contributed by atoms with E-state index >= 15 is 0 Å². The van der Waals surface area contributed by atoms with E-state index in [1.165, 1.54) is 37.2 Å². The van der Waals surface area contributed by atoms with Crippen molar-refractivity contribution in [2.75, 3.05) is 39.9 Å². The molecule has 2 N–H and O–H groups in total. The van der Waals surface area contributed by atoms with Crippen LogP contribution in [0.1, 0.15) is 24.1 Å². The zero-order valence-electron chi connectivity index (χ0n) is 12.1. The molecule has 19 heavy (non-hydrogen) atoms. The number of methoxy groups -OCH3 is 1. The van der Waals surface area contributed by atoms with Gasteiger partial charge in [0.15, 0.2) is 0 Å². The van der Waals surface area contributed by atoms with E-state index in [9.17, 15) is 0 Å². The van der Waals surface area contributed by atoms with Crippen LogP contribution in [-0.4, -0.2) is 55.0 Å². The molecule has 2 heterocycles. The summed E-state index contributed by atoms with van der Waals surface area (Å²) >= 11 is 0. The number of nitrogens with zero attached hydrogens (tertiary/aromatic N) is 2. The fourth-order valence-electron chi connectivity index (χ4n) is 2.60. The summed E-state index contributed by atoms with van der Waals surface area (Å²) in [7, 11) is 1.77. The van der Waals surface area contributed by atoms with Gasteiger partial charge in [0, 0.05) is 31.5 Å². The van der Waals surface area contributed by atoms with Gasteiger partial charge in [-0.05, 0) is 45.3 Å². The van der Waals surface area contributed by atoms with E-state index in [1.54, 1.807) is 7.11 Å². The van der Waals surface area contributed by atoms with Crippen molar-refractivity contribution < 1.29 is 4.74 Å². The average molecular weight is 266 g/mol. The van der Waals surface area contributed by atoms with Gasteiger partial charge in [0.25, 0.3) is 0 Å². The predicted octanol–water partition coefficient (Wildman–Crippen LogP) is 1.17. The summed E-state index contributed by atoms with van der Waals surface area (Å²) in [4.78, 5) is 2.50. The molecule has 0 aliphatic carbocycles. The molecule has 1 aliphatic heterocycles. The van der Waals surface area contributed by atoms with Gasteiger partial charge in [-0.3, -0.25) is 5.10 Å². The number of ether oxygens (including phenoxy) is 1. The maximum absolute atomic E-state index is 5.13. The highest BCUT2D eigenvalue weighted by Crippen LogP contribution is 2.16. The van der Waals surface area contributed by atoms with Crippen LogP contribution in [0.2, 0.25) is 0 Å². The molecule has 0 atom stereocenters. The van der Waals surface area contributed by atoms with Crippen LogP contribution in [-0.2, 0) is 11.3 Å². The largest absolute Gasteiger partial charge is 0.383 e. The molecule has 5 heteroatoms. The fourth-order valence-corrected chi connectivity index (χ4v) is 2.60. The number of rotatable bonds is 7. The summed E-state index contributed by atoms with van der Waals surface area (Å²) in [6, 6.07) is 0. The molecule has 0 spiro atoms. The summed E-state index contributed by atoms with van der Waals surface area (Å²) < 4.78 is 5.13. The number of piperidine rings is 1. The van der Waals surface area contributed by atoms with Gasteiger partial charge in [0.2, 0.25) is 0 Å². The molecule has 1 aromatic heterocycles. The molecule has 0 saturated carbocycles. The molecule has 1 fully saturated rings. The van der Waals surface area contributed by atoms with E-state index in [0.717, 1.165) is 32.2 Å². The molecular formula is C14H26N4O. The minimum Gasteiger partial charge on any atom is -0.383 e. The first kappa shape index (κ1) is 14.5. The first-order valence-corrected chi connectivity index (χ1v) is 7.20. The second kappa shape index (κ2) is 7.62. The maximum Gasteiger partial charge on any atom is 0.0589 e. The molecule has 0 aromatic carbocycles. The van der Waals surface area contributed by atoms with Crippen LogP contribution in [0.3, 0.4) is 0 Å². The SMILES string of the molecule is COCCN1CCC(CNCc2cn[nH]c2C)CC1. The molecule has 5 nitrogen and oxygen atoms in total. The Morgan fingerprint density at radius 2 is 2.26 bits per heavy atom. The van der Waals surface area contributed by atoms with Gasteiger partial charge in [-0.15, -0.1) is 0 Å². The second-order valence-corrected chi connectivity index (χ2v) is 5.43. The number of aromatic amines is 1. The lowest BCUT2D eigenvalue weighted by Crippen LogP contribution is -2.38.